The van der Waals surface area contributed by atoms with Crippen LogP contribution in [0.15, 0.2) is 0 Å². The third kappa shape index (κ3) is 1.73. The molecule has 0 amide bonds. The van der Waals surface area contributed by atoms with Gasteiger partial charge in [-0.25, -0.2) is 0 Å². The SMILES string of the molecule is CN1C2CCC23CC(=O)CC13.COC(=O)C1C(=O)CC23CCC2N(C)C13. The first-order valence-electron chi connectivity index (χ1n) is 9.92. The Labute approximate surface area is 154 Å². The number of carbonyl (C=O) groups excluding carboxylic acids is 3. The molecule has 2 aliphatic heterocycles. The third-order valence-corrected chi connectivity index (χ3v) is 8.83. The first-order valence-corrected chi connectivity index (χ1v) is 9.92. The Morgan fingerprint density at radius 1 is 1.00 bits per heavy atom. The van der Waals surface area contributed by atoms with Gasteiger partial charge in [0.05, 0.1) is 7.11 Å². The van der Waals surface area contributed by atoms with Gasteiger partial charge in [0.15, 0.2) is 0 Å². The molecule has 0 N–H and O–H groups in total. The molecule has 6 aliphatic rings. The Hall–Kier alpha value is -1.27. The van der Waals surface area contributed by atoms with Gasteiger partial charge in [-0.3, -0.25) is 24.2 Å². The van der Waals surface area contributed by atoms with Gasteiger partial charge in [-0.15, -0.1) is 0 Å². The molecule has 7 atom stereocenters. The molecular weight excluding hydrogens is 332 g/mol. The summed E-state index contributed by atoms with van der Waals surface area (Å²) in [5.41, 5.74) is 0.635. The van der Waals surface area contributed by atoms with Crippen LogP contribution in [0.1, 0.15) is 44.9 Å². The summed E-state index contributed by atoms with van der Waals surface area (Å²) >= 11 is 0. The van der Waals surface area contributed by atoms with Crippen LogP contribution >= 0.6 is 0 Å². The van der Waals surface area contributed by atoms with Crippen molar-refractivity contribution in [2.24, 2.45) is 16.7 Å². The molecule has 0 aromatic rings. The Balaban J connectivity index is 0.000000121. The fraction of sp³-hybridized carbons (Fsp3) is 0.850. The second kappa shape index (κ2) is 5.16. The highest BCUT2D eigenvalue weighted by atomic mass is 16.5. The quantitative estimate of drug-likeness (QED) is 0.514. The highest BCUT2D eigenvalue weighted by molar-refractivity contribution is 6.03. The van der Waals surface area contributed by atoms with Gasteiger partial charge < -0.3 is 4.74 Å². The normalized spacial score (nSPS) is 50.5. The monoisotopic (exact) mass is 360 g/mol. The average Bonchev–Trinajstić information content (AvgIpc) is 3.08. The molecule has 4 aliphatic carbocycles. The number of ketones is 2. The summed E-state index contributed by atoms with van der Waals surface area (Å²) in [7, 11) is 5.55. The van der Waals surface area contributed by atoms with E-state index in [0.717, 1.165) is 25.3 Å². The van der Waals surface area contributed by atoms with Crippen LogP contribution in [0.2, 0.25) is 0 Å². The maximum absolute atomic E-state index is 11.8. The van der Waals surface area contributed by atoms with Crippen molar-refractivity contribution in [1.29, 1.82) is 0 Å². The molecule has 6 heteroatoms. The van der Waals surface area contributed by atoms with Crippen LogP contribution in [0.3, 0.4) is 0 Å². The van der Waals surface area contributed by atoms with E-state index in [1.165, 1.54) is 26.4 Å². The van der Waals surface area contributed by atoms with Crippen molar-refractivity contribution >= 4 is 17.5 Å². The molecular formula is C20H28N2O4. The van der Waals surface area contributed by atoms with Crippen LogP contribution < -0.4 is 0 Å². The van der Waals surface area contributed by atoms with E-state index >= 15 is 0 Å². The van der Waals surface area contributed by atoms with Gasteiger partial charge in [-0.1, -0.05) is 0 Å². The number of hydrogen-bond acceptors (Lipinski definition) is 6. The number of piperidine rings is 2. The predicted octanol–water partition coefficient (Wildman–Crippen LogP) is 1.02. The van der Waals surface area contributed by atoms with Gasteiger partial charge in [-0.2, -0.15) is 0 Å². The summed E-state index contributed by atoms with van der Waals surface area (Å²) < 4.78 is 4.72. The number of rotatable bonds is 1. The molecule has 26 heavy (non-hydrogen) atoms. The summed E-state index contributed by atoms with van der Waals surface area (Å²) in [5.74, 6) is -0.277. The number of likely N-dealkylation sites (tertiary alicyclic amines) is 2. The van der Waals surface area contributed by atoms with Crippen molar-refractivity contribution in [3.63, 3.8) is 0 Å². The molecule has 6 nitrogen and oxygen atoms in total. The third-order valence-electron chi connectivity index (χ3n) is 8.83. The lowest BCUT2D eigenvalue weighted by molar-refractivity contribution is -0.193. The van der Waals surface area contributed by atoms with Gasteiger partial charge in [0.1, 0.15) is 17.5 Å². The Morgan fingerprint density at radius 2 is 1.65 bits per heavy atom. The molecule has 6 fully saturated rings. The lowest BCUT2D eigenvalue weighted by atomic mass is 9.53. The maximum Gasteiger partial charge on any atom is 0.317 e. The lowest BCUT2D eigenvalue weighted by Gasteiger charge is -2.67. The topological polar surface area (TPSA) is 66.9 Å². The largest absolute Gasteiger partial charge is 0.468 e. The van der Waals surface area contributed by atoms with E-state index in [4.69, 9.17) is 4.74 Å². The fourth-order valence-electron chi connectivity index (χ4n) is 7.50. The fourth-order valence-corrected chi connectivity index (χ4v) is 7.50. The van der Waals surface area contributed by atoms with Crippen LogP contribution in [0.5, 0.6) is 0 Å². The van der Waals surface area contributed by atoms with Crippen molar-refractivity contribution in [3.8, 4) is 0 Å². The van der Waals surface area contributed by atoms with Gasteiger partial charge in [0.2, 0.25) is 0 Å². The van der Waals surface area contributed by atoms with Gasteiger partial charge in [-0.05, 0) is 39.8 Å². The molecule has 0 aromatic carbocycles. The van der Waals surface area contributed by atoms with Crippen LogP contribution in [0, 0.1) is 16.7 Å². The Morgan fingerprint density at radius 3 is 2.19 bits per heavy atom. The van der Waals surface area contributed by atoms with E-state index in [0.29, 0.717) is 29.7 Å². The summed E-state index contributed by atoms with van der Waals surface area (Å²) in [4.78, 5) is 39.2. The minimum absolute atomic E-state index is 0.0842. The van der Waals surface area contributed by atoms with E-state index in [1.54, 1.807) is 0 Å². The van der Waals surface area contributed by atoms with Crippen LogP contribution in [0.4, 0.5) is 0 Å². The predicted molar refractivity (Wildman–Crippen MR) is 93.4 cm³/mol. The number of hydrogen-bond donors (Lipinski definition) is 0. The van der Waals surface area contributed by atoms with Crippen molar-refractivity contribution < 1.29 is 19.1 Å². The zero-order chi connectivity index (χ0) is 18.4. The Kier molecular flexibility index (Phi) is 3.35. The van der Waals surface area contributed by atoms with Crippen molar-refractivity contribution in [3.05, 3.63) is 0 Å². The average molecular weight is 360 g/mol. The van der Waals surface area contributed by atoms with Crippen molar-refractivity contribution in [1.82, 2.24) is 9.80 Å². The molecule has 2 spiro atoms. The molecule has 7 unspecified atom stereocenters. The zero-order valence-electron chi connectivity index (χ0n) is 15.9. The van der Waals surface area contributed by atoms with Gasteiger partial charge in [0, 0.05) is 54.3 Å². The molecule has 0 aromatic heterocycles. The summed E-state index contributed by atoms with van der Waals surface area (Å²) in [6.07, 6.45) is 7.25. The smallest absolute Gasteiger partial charge is 0.317 e. The summed E-state index contributed by atoms with van der Waals surface area (Å²) in [6, 6.07) is 2.07. The minimum Gasteiger partial charge on any atom is -0.468 e. The first kappa shape index (κ1) is 16.9. The lowest BCUT2D eigenvalue weighted by Crippen LogP contribution is -2.75. The zero-order valence-corrected chi connectivity index (χ0v) is 15.9. The summed E-state index contributed by atoms with van der Waals surface area (Å²) in [5, 5.41) is 0. The van der Waals surface area contributed by atoms with E-state index in [-0.39, 0.29) is 23.2 Å². The molecule has 2 saturated heterocycles. The van der Waals surface area contributed by atoms with E-state index in [1.807, 2.05) is 7.05 Å². The van der Waals surface area contributed by atoms with Crippen LogP contribution in [-0.2, 0) is 19.1 Å². The molecule has 6 rings (SSSR count). The highest BCUT2D eigenvalue weighted by Crippen LogP contribution is 2.65. The first-order chi connectivity index (χ1) is 12.4. The van der Waals surface area contributed by atoms with E-state index in [2.05, 4.69) is 16.8 Å². The number of Topliss-reactive ketones (excluding diaryl/α,β-unsaturated/α-hetero) is 2. The minimum atomic E-state index is -0.517. The number of methoxy groups -OCH3 is 1. The molecule has 0 bridgehead atoms. The second-order valence-electron chi connectivity index (χ2n) is 9.43. The van der Waals surface area contributed by atoms with Gasteiger partial charge >= 0.3 is 5.97 Å². The van der Waals surface area contributed by atoms with Crippen LogP contribution in [0.25, 0.3) is 0 Å². The highest BCUT2D eigenvalue weighted by Gasteiger charge is 2.73. The standard InChI is InChI=1S/C11H15NO3.C9H13NO/c1-12-7-3-4-11(7)5-6(13)8(9(11)12)10(14)15-2;1-10-7-2-3-9(7)5-6(11)4-8(9)10/h7-9H,3-5H2,1-2H3;7-8H,2-5H2,1H3. The maximum atomic E-state index is 11.8. The summed E-state index contributed by atoms with van der Waals surface area (Å²) in [6.45, 7) is 0. The van der Waals surface area contributed by atoms with E-state index < -0.39 is 5.92 Å². The van der Waals surface area contributed by atoms with E-state index in [9.17, 15) is 14.4 Å². The molecule has 142 valence electrons. The number of esters is 1. The Bertz CT molecular complexity index is 708. The number of ether oxygens (including phenoxy) is 1. The molecule has 2 heterocycles. The number of carbonyl (C=O) groups is 3. The molecule has 0 radical (unpaired) electrons. The number of nitrogens with zero attached hydrogens (tertiary/aromatic N) is 2. The second-order valence-corrected chi connectivity index (χ2v) is 9.43. The molecule has 4 saturated carbocycles. The van der Waals surface area contributed by atoms with Crippen molar-refractivity contribution in [2.45, 2.75) is 69.1 Å². The van der Waals surface area contributed by atoms with Gasteiger partial charge in [0.25, 0.3) is 0 Å². The van der Waals surface area contributed by atoms with Crippen molar-refractivity contribution in [2.75, 3.05) is 21.2 Å². The van der Waals surface area contributed by atoms with Crippen LogP contribution in [-0.4, -0.2) is 72.7 Å².